The van der Waals surface area contributed by atoms with Crippen molar-refractivity contribution in [2.75, 3.05) is 6.54 Å². The van der Waals surface area contributed by atoms with Crippen LogP contribution in [0.2, 0.25) is 0 Å². The van der Waals surface area contributed by atoms with Crippen LogP contribution in [-0.2, 0) is 19.4 Å². The Labute approximate surface area is 129 Å². The minimum Gasteiger partial charge on any atom is -0.364 e. The van der Waals surface area contributed by atoms with Gasteiger partial charge in [0.25, 0.3) is 11.8 Å². The van der Waals surface area contributed by atoms with E-state index in [1.54, 1.807) is 17.0 Å². The zero-order valence-corrected chi connectivity index (χ0v) is 12.6. The second kappa shape index (κ2) is 5.67. The predicted octanol–water partition coefficient (Wildman–Crippen LogP) is 1.87. The first kappa shape index (κ1) is 14.4. The number of rotatable bonds is 3. The molecule has 1 aliphatic rings. The number of carbonyl (C=O) groups is 2. The molecule has 0 fully saturated rings. The van der Waals surface area contributed by atoms with Gasteiger partial charge >= 0.3 is 0 Å². The third-order valence-electron chi connectivity index (χ3n) is 4.16. The number of nitrogens with one attached hydrogen (secondary N) is 1. The minimum absolute atomic E-state index is 0.0993. The molecule has 1 aromatic heterocycles. The molecular formula is C17H19N3O2. The van der Waals surface area contributed by atoms with Gasteiger partial charge in [0.05, 0.1) is 0 Å². The van der Waals surface area contributed by atoms with Crippen molar-refractivity contribution < 1.29 is 9.59 Å². The number of aromatic amines is 1. The fourth-order valence-electron chi connectivity index (χ4n) is 2.83. The number of primary amides is 1. The Kier molecular flexibility index (Phi) is 3.71. The van der Waals surface area contributed by atoms with Crippen LogP contribution in [0.15, 0.2) is 30.3 Å². The average Bonchev–Trinajstić information content (AvgIpc) is 3.03. The van der Waals surface area contributed by atoms with Crippen LogP contribution < -0.4 is 5.73 Å². The number of fused-ring (bicyclic) bond motifs is 1. The maximum absolute atomic E-state index is 12.5. The van der Waals surface area contributed by atoms with Gasteiger partial charge in [-0.05, 0) is 41.7 Å². The molecule has 5 heteroatoms. The summed E-state index contributed by atoms with van der Waals surface area (Å²) in [5.74, 6) is -0.659. The highest BCUT2D eigenvalue weighted by Crippen LogP contribution is 2.22. The number of benzene rings is 1. The van der Waals surface area contributed by atoms with Crippen molar-refractivity contribution in [2.24, 2.45) is 5.73 Å². The van der Waals surface area contributed by atoms with E-state index in [0.717, 1.165) is 12.8 Å². The standard InChI is InChI=1S/C17H19N3O2/c1-2-11-3-4-13-10-20(8-7-12(13)9-11)17(22)15-6-5-14(19-15)16(18)21/h3-6,9,19H,2,7-8,10H2,1H3,(H2,18,21). The molecule has 114 valence electrons. The summed E-state index contributed by atoms with van der Waals surface area (Å²) in [6.45, 7) is 3.43. The minimum atomic E-state index is -0.560. The van der Waals surface area contributed by atoms with Gasteiger partial charge in [-0.25, -0.2) is 0 Å². The highest BCUT2D eigenvalue weighted by molar-refractivity contribution is 5.96. The molecule has 0 radical (unpaired) electrons. The molecule has 3 rings (SSSR count). The Balaban J connectivity index is 1.78. The molecule has 0 aliphatic carbocycles. The van der Waals surface area contributed by atoms with Crippen LogP contribution in [0.4, 0.5) is 0 Å². The molecule has 3 N–H and O–H groups in total. The molecule has 5 nitrogen and oxygen atoms in total. The Bertz CT molecular complexity index is 733. The van der Waals surface area contributed by atoms with Crippen molar-refractivity contribution in [1.82, 2.24) is 9.88 Å². The van der Waals surface area contributed by atoms with Crippen LogP contribution in [-0.4, -0.2) is 28.2 Å². The van der Waals surface area contributed by atoms with Crippen LogP contribution in [0.5, 0.6) is 0 Å². The summed E-state index contributed by atoms with van der Waals surface area (Å²) in [6, 6.07) is 9.61. The van der Waals surface area contributed by atoms with Crippen molar-refractivity contribution in [3.63, 3.8) is 0 Å². The van der Waals surface area contributed by atoms with Crippen molar-refractivity contribution in [1.29, 1.82) is 0 Å². The van der Waals surface area contributed by atoms with Crippen molar-refractivity contribution >= 4 is 11.8 Å². The normalized spacial score (nSPS) is 13.8. The Morgan fingerprint density at radius 3 is 2.64 bits per heavy atom. The fourth-order valence-corrected chi connectivity index (χ4v) is 2.83. The quantitative estimate of drug-likeness (QED) is 0.907. The lowest BCUT2D eigenvalue weighted by molar-refractivity contribution is 0.0729. The van der Waals surface area contributed by atoms with Gasteiger partial charge in [-0.15, -0.1) is 0 Å². The van der Waals surface area contributed by atoms with Gasteiger partial charge in [-0.3, -0.25) is 9.59 Å². The SMILES string of the molecule is CCc1ccc2c(c1)CCN(C(=O)c1ccc(C(N)=O)[nH]1)C2. The number of nitrogens with zero attached hydrogens (tertiary/aromatic N) is 1. The van der Waals surface area contributed by atoms with E-state index < -0.39 is 5.91 Å². The van der Waals surface area contributed by atoms with Crippen LogP contribution >= 0.6 is 0 Å². The summed E-state index contributed by atoms with van der Waals surface area (Å²) >= 11 is 0. The van der Waals surface area contributed by atoms with Gasteiger partial charge in [0.15, 0.2) is 0 Å². The second-order valence-corrected chi connectivity index (χ2v) is 5.58. The summed E-state index contributed by atoms with van der Waals surface area (Å²) in [5, 5.41) is 0. The average molecular weight is 297 g/mol. The summed E-state index contributed by atoms with van der Waals surface area (Å²) in [4.78, 5) is 28.2. The number of hydrogen-bond acceptors (Lipinski definition) is 2. The maximum atomic E-state index is 12.5. The Morgan fingerprint density at radius 1 is 1.18 bits per heavy atom. The number of nitrogens with two attached hydrogens (primary N) is 1. The summed E-state index contributed by atoms with van der Waals surface area (Å²) in [7, 11) is 0. The van der Waals surface area contributed by atoms with Crippen LogP contribution in [0.3, 0.4) is 0 Å². The molecule has 1 aromatic carbocycles. The van der Waals surface area contributed by atoms with E-state index in [0.29, 0.717) is 18.8 Å². The lowest BCUT2D eigenvalue weighted by atomic mass is 9.96. The van der Waals surface area contributed by atoms with E-state index in [2.05, 4.69) is 30.1 Å². The summed E-state index contributed by atoms with van der Waals surface area (Å²) in [5.41, 5.74) is 9.71. The summed E-state index contributed by atoms with van der Waals surface area (Å²) in [6.07, 6.45) is 1.88. The molecule has 0 spiro atoms. The molecule has 2 amide bonds. The number of aromatic nitrogens is 1. The second-order valence-electron chi connectivity index (χ2n) is 5.58. The van der Waals surface area contributed by atoms with E-state index in [4.69, 9.17) is 5.73 Å². The molecule has 0 saturated heterocycles. The van der Waals surface area contributed by atoms with Gasteiger partial charge in [0.1, 0.15) is 11.4 Å². The Morgan fingerprint density at radius 2 is 1.95 bits per heavy atom. The number of H-pyrrole nitrogens is 1. The van der Waals surface area contributed by atoms with Crippen molar-refractivity contribution in [3.05, 3.63) is 58.4 Å². The molecule has 0 bridgehead atoms. The topological polar surface area (TPSA) is 79.2 Å². The zero-order valence-electron chi connectivity index (χ0n) is 12.6. The van der Waals surface area contributed by atoms with Crippen molar-refractivity contribution in [2.45, 2.75) is 26.3 Å². The van der Waals surface area contributed by atoms with Gasteiger partial charge in [0, 0.05) is 13.1 Å². The van der Waals surface area contributed by atoms with E-state index in [9.17, 15) is 9.59 Å². The maximum Gasteiger partial charge on any atom is 0.270 e. The van der Waals surface area contributed by atoms with Crippen molar-refractivity contribution in [3.8, 4) is 0 Å². The molecule has 22 heavy (non-hydrogen) atoms. The first-order valence-corrected chi connectivity index (χ1v) is 7.47. The molecule has 1 aliphatic heterocycles. The van der Waals surface area contributed by atoms with E-state index in [1.807, 2.05) is 0 Å². The number of aryl methyl sites for hydroxylation is 1. The summed E-state index contributed by atoms with van der Waals surface area (Å²) < 4.78 is 0. The molecule has 2 aromatic rings. The Hall–Kier alpha value is -2.56. The first-order valence-electron chi connectivity index (χ1n) is 7.47. The lowest BCUT2D eigenvalue weighted by Crippen LogP contribution is -2.36. The fraction of sp³-hybridized carbons (Fsp3) is 0.294. The molecule has 2 heterocycles. The largest absolute Gasteiger partial charge is 0.364 e. The van der Waals surface area contributed by atoms with Crippen LogP contribution in [0.1, 0.15) is 44.6 Å². The highest BCUT2D eigenvalue weighted by Gasteiger charge is 2.23. The van der Waals surface area contributed by atoms with Gasteiger partial charge in [0.2, 0.25) is 0 Å². The van der Waals surface area contributed by atoms with Gasteiger partial charge < -0.3 is 15.6 Å². The number of amides is 2. The molecular weight excluding hydrogens is 278 g/mol. The lowest BCUT2D eigenvalue weighted by Gasteiger charge is -2.29. The third-order valence-corrected chi connectivity index (χ3v) is 4.16. The molecule has 0 unspecified atom stereocenters. The van der Waals surface area contributed by atoms with E-state index >= 15 is 0 Å². The smallest absolute Gasteiger partial charge is 0.270 e. The highest BCUT2D eigenvalue weighted by atomic mass is 16.2. The van der Waals surface area contributed by atoms with Gasteiger partial charge in [-0.1, -0.05) is 25.1 Å². The van der Waals surface area contributed by atoms with Crippen LogP contribution in [0, 0.1) is 0 Å². The van der Waals surface area contributed by atoms with E-state index in [1.165, 1.54) is 16.7 Å². The monoisotopic (exact) mass is 297 g/mol. The molecule has 0 saturated carbocycles. The van der Waals surface area contributed by atoms with E-state index in [-0.39, 0.29) is 11.6 Å². The third kappa shape index (κ3) is 2.62. The van der Waals surface area contributed by atoms with Gasteiger partial charge in [-0.2, -0.15) is 0 Å². The zero-order chi connectivity index (χ0) is 15.7. The number of carbonyl (C=O) groups excluding carboxylic acids is 2. The number of hydrogen-bond donors (Lipinski definition) is 2. The first-order chi connectivity index (χ1) is 10.6. The molecule has 0 atom stereocenters. The predicted molar refractivity (Wildman–Crippen MR) is 83.6 cm³/mol. The van der Waals surface area contributed by atoms with Crippen LogP contribution in [0.25, 0.3) is 0 Å².